The zero-order chi connectivity index (χ0) is 13.7. The smallest absolute Gasteiger partial charge is 0.123 e. The highest BCUT2D eigenvalue weighted by molar-refractivity contribution is 5.29. The molecule has 0 aliphatic carbocycles. The summed E-state index contributed by atoms with van der Waals surface area (Å²) in [7, 11) is 3.76. The number of aromatic nitrogens is 1. The van der Waals surface area contributed by atoms with Crippen molar-refractivity contribution >= 4 is 5.82 Å². The second-order valence-electron chi connectivity index (χ2n) is 4.61. The van der Waals surface area contributed by atoms with Gasteiger partial charge in [0.25, 0.3) is 0 Å². The van der Waals surface area contributed by atoms with Gasteiger partial charge in [-0.1, -0.05) is 18.2 Å². The second-order valence-corrected chi connectivity index (χ2v) is 4.61. The molecule has 1 aromatic heterocycles. The lowest BCUT2D eigenvalue weighted by molar-refractivity contribution is 0.318. The maximum absolute atomic E-state index is 5.57. The van der Waals surface area contributed by atoms with Crippen LogP contribution in [0.4, 0.5) is 5.82 Å². The number of nitrogen functional groups attached to an aromatic ring is 1. The van der Waals surface area contributed by atoms with E-state index in [1.807, 2.05) is 30.5 Å². The molecule has 2 rings (SSSR count). The molecule has 2 aromatic rings. The Balaban J connectivity index is 1.92. The van der Waals surface area contributed by atoms with E-state index in [1.54, 1.807) is 7.11 Å². The number of pyridine rings is 1. The van der Waals surface area contributed by atoms with Gasteiger partial charge >= 0.3 is 0 Å². The van der Waals surface area contributed by atoms with E-state index in [0.717, 1.165) is 24.4 Å². The van der Waals surface area contributed by atoms with Crippen LogP contribution in [0.5, 0.6) is 5.75 Å². The monoisotopic (exact) mass is 257 g/mol. The van der Waals surface area contributed by atoms with Crippen molar-refractivity contribution in [3.63, 3.8) is 0 Å². The van der Waals surface area contributed by atoms with E-state index in [9.17, 15) is 0 Å². The van der Waals surface area contributed by atoms with Gasteiger partial charge in [0.05, 0.1) is 7.11 Å². The number of nitrogens with zero attached hydrogens (tertiary/aromatic N) is 2. The number of benzene rings is 1. The summed E-state index contributed by atoms with van der Waals surface area (Å²) >= 11 is 0. The molecule has 19 heavy (non-hydrogen) atoms. The van der Waals surface area contributed by atoms with Crippen LogP contribution in [-0.2, 0) is 13.1 Å². The average molecular weight is 257 g/mol. The average Bonchev–Trinajstić information content (AvgIpc) is 2.42. The van der Waals surface area contributed by atoms with Crippen molar-refractivity contribution in [2.24, 2.45) is 0 Å². The van der Waals surface area contributed by atoms with Crippen LogP contribution in [0.1, 0.15) is 11.1 Å². The van der Waals surface area contributed by atoms with E-state index >= 15 is 0 Å². The maximum Gasteiger partial charge on any atom is 0.123 e. The summed E-state index contributed by atoms with van der Waals surface area (Å²) in [5.74, 6) is 1.44. The lowest BCUT2D eigenvalue weighted by Gasteiger charge is -2.16. The Morgan fingerprint density at radius 1 is 1.05 bits per heavy atom. The Morgan fingerprint density at radius 2 is 1.68 bits per heavy atom. The third-order valence-corrected chi connectivity index (χ3v) is 2.91. The predicted octanol–water partition coefficient (Wildman–Crippen LogP) is 2.30. The molecule has 4 heteroatoms. The second kappa shape index (κ2) is 6.20. The van der Waals surface area contributed by atoms with E-state index < -0.39 is 0 Å². The van der Waals surface area contributed by atoms with Gasteiger partial charge in [0.1, 0.15) is 11.6 Å². The van der Waals surface area contributed by atoms with Crippen molar-refractivity contribution in [2.45, 2.75) is 13.1 Å². The molecule has 0 bridgehead atoms. The van der Waals surface area contributed by atoms with Crippen molar-refractivity contribution in [1.29, 1.82) is 0 Å². The third kappa shape index (κ3) is 3.96. The van der Waals surface area contributed by atoms with E-state index in [-0.39, 0.29) is 0 Å². The topological polar surface area (TPSA) is 51.4 Å². The molecule has 0 amide bonds. The van der Waals surface area contributed by atoms with Crippen molar-refractivity contribution in [2.75, 3.05) is 19.9 Å². The normalized spacial score (nSPS) is 10.7. The zero-order valence-corrected chi connectivity index (χ0v) is 11.3. The van der Waals surface area contributed by atoms with Crippen LogP contribution >= 0.6 is 0 Å². The Morgan fingerprint density at radius 3 is 2.26 bits per heavy atom. The molecule has 0 saturated carbocycles. The molecule has 0 spiro atoms. The predicted molar refractivity (Wildman–Crippen MR) is 76.8 cm³/mol. The molecule has 4 nitrogen and oxygen atoms in total. The highest BCUT2D eigenvalue weighted by atomic mass is 16.5. The fourth-order valence-corrected chi connectivity index (χ4v) is 1.94. The summed E-state index contributed by atoms with van der Waals surface area (Å²) in [5.41, 5.74) is 7.99. The minimum Gasteiger partial charge on any atom is -0.497 e. The van der Waals surface area contributed by atoms with E-state index in [2.05, 4.69) is 29.1 Å². The van der Waals surface area contributed by atoms with Crippen LogP contribution in [0, 0.1) is 0 Å². The summed E-state index contributed by atoms with van der Waals surface area (Å²) in [4.78, 5) is 6.33. The van der Waals surface area contributed by atoms with E-state index in [1.165, 1.54) is 5.56 Å². The molecular weight excluding hydrogens is 238 g/mol. The first-order valence-electron chi connectivity index (χ1n) is 6.19. The molecule has 0 fully saturated rings. The van der Waals surface area contributed by atoms with Crippen LogP contribution in [-0.4, -0.2) is 24.0 Å². The third-order valence-electron chi connectivity index (χ3n) is 2.91. The van der Waals surface area contributed by atoms with Gasteiger partial charge in [-0.2, -0.15) is 0 Å². The van der Waals surface area contributed by atoms with Crippen LogP contribution in [0.2, 0.25) is 0 Å². The van der Waals surface area contributed by atoms with Crippen LogP contribution < -0.4 is 10.5 Å². The molecule has 0 aliphatic rings. The van der Waals surface area contributed by atoms with Crippen molar-refractivity contribution < 1.29 is 4.74 Å². The summed E-state index contributed by atoms with van der Waals surface area (Å²) in [6, 6.07) is 12.0. The number of anilines is 1. The number of ether oxygens (including phenoxy) is 1. The van der Waals surface area contributed by atoms with E-state index in [0.29, 0.717) is 5.82 Å². The Hall–Kier alpha value is -2.07. The molecule has 0 radical (unpaired) electrons. The SMILES string of the molecule is COc1ccc(CN(C)Cc2ccc(N)nc2)cc1. The zero-order valence-electron chi connectivity index (χ0n) is 11.3. The maximum atomic E-state index is 5.57. The minimum absolute atomic E-state index is 0.557. The lowest BCUT2D eigenvalue weighted by Crippen LogP contribution is -2.17. The van der Waals surface area contributed by atoms with Gasteiger partial charge < -0.3 is 10.5 Å². The van der Waals surface area contributed by atoms with Crippen LogP contribution in [0.15, 0.2) is 42.6 Å². The van der Waals surface area contributed by atoms with Crippen LogP contribution in [0.3, 0.4) is 0 Å². The molecule has 2 N–H and O–H groups in total. The molecule has 1 heterocycles. The first-order valence-corrected chi connectivity index (χ1v) is 6.19. The Labute approximate surface area is 113 Å². The minimum atomic E-state index is 0.557. The lowest BCUT2D eigenvalue weighted by atomic mass is 10.2. The molecule has 0 unspecified atom stereocenters. The quantitative estimate of drug-likeness (QED) is 0.893. The summed E-state index contributed by atoms with van der Waals surface area (Å²) in [5, 5.41) is 0. The highest BCUT2D eigenvalue weighted by Crippen LogP contribution is 2.13. The molecule has 0 atom stereocenters. The first-order chi connectivity index (χ1) is 9.17. The Bertz CT molecular complexity index is 508. The van der Waals surface area contributed by atoms with Gasteiger partial charge in [0.15, 0.2) is 0 Å². The highest BCUT2D eigenvalue weighted by Gasteiger charge is 2.02. The number of hydrogen-bond donors (Lipinski definition) is 1. The molecule has 100 valence electrons. The number of hydrogen-bond acceptors (Lipinski definition) is 4. The standard InChI is InChI=1S/C15H19N3O/c1-18(11-13-5-8-15(16)17-9-13)10-12-3-6-14(19-2)7-4-12/h3-9H,10-11H2,1-2H3,(H2,16,17). The molecule has 0 aliphatic heterocycles. The molecular formula is C15H19N3O. The number of nitrogens with two attached hydrogens (primary N) is 1. The number of rotatable bonds is 5. The van der Waals surface area contributed by atoms with Crippen molar-refractivity contribution in [1.82, 2.24) is 9.88 Å². The fraction of sp³-hybridized carbons (Fsp3) is 0.267. The van der Waals surface area contributed by atoms with Gasteiger partial charge in [-0.3, -0.25) is 4.90 Å². The molecule has 1 aromatic carbocycles. The van der Waals surface area contributed by atoms with Gasteiger partial charge in [-0.15, -0.1) is 0 Å². The van der Waals surface area contributed by atoms with E-state index in [4.69, 9.17) is 10.5 Å². The molecule has 0 saturated heterocycles. The largest absolute Gasteiger partial charge is 0.497 e. The first kappa shape index (κ1) is 13.4. The summed E-state index contributed by atoms with van der Waals surface area (Å²) in [6.07, 6.45) is 1.82. The van der Waals surface area contributed by atoms with Crippen molar-refractivity contribution in [3.8, 4) is 5.75 Å². The fourth-order valence-electron chi connectivity index (χ4n) is 1.94. The van der Waals surface area contributed by atoms with Crippen molar-refractivity contribution in [3.05, 3.63) is 53.7 Å². The van der Waals surface area contributed by atoms with Gasteiger partial charge in [0.2, 0.25) is 0 Å². The van der Waals surface area contributed by atoms with Gasteiger partial charge in [-0.25, -0.2) is 4.98 Å². The summed E-state index contributed by atoms with van der Waals surface area (Å²) in [6.45, 7) is 1.73. The van der Waals surface area contributed by atoms with Gasteiger partial charge in [0, 0.05) is 19.3 Å². The van der Waals surface area contributed by atoms with Gasteiger partial charge in [-0.05, 0) is 36.4 Å². The Kier molecular flexibility index (Phi) is 4.36. The summed E-state index contributed by atoms with van der Waals surface area (Å²) < 4.78 is 5.15. The van der Waals surface area contributed by atoms with Crippen LogP contribution in [0.25, 0.3) is 0 Å². The number of methoxy groups -OCH3 is 1.